The van der Waals surface area contributed by atoms with E-state index in [0.717, 1.165) is 16.8 Å². The van der Waals surface area contributed by atoms with Crippen LogP contribution in [0.25, 0.3) is 0 Å². The van der Waals surface area contributed by atoms with Crippen molar-refractivity contribution in [3.05, 3.63) is 20.8 Å². The zero-order chi connectivity index (χ0) is 12.2. The van der Waals surface area contributed by atoms with Crippen LogP contribution in [0.15, 0.2) is 15.2 Å². The van der Waals surface area contributed by atoms with Crippen molar-refractivity contribution in [3.8, 4) is 0 Å². The zero-order valence-electron chi connectivity index (χ0n) is 10.1. The Morgan fingerprint density at radius 3 is 2.62 bits per heavy atom. The van der Waals surface area contributed by atoms with Gasteiger partial charge in [-0.25, -0.2) is 0 Å². The first-order valence-electron chi connectivity index (χ1n) is 5.48. The summed E-state index contributed by atoms with van der Waals surface area (Å²) in [5.74, 6) is 0. The fraction of sp³-hybridized carbons (Fsp3) is 0.667. The van der Waals surface area contributed by atoms with E-state index in [1.165, 1.54) is 5.56 Å². The van der Waals surface area contributed by atoms with Gasteiger partial charge in [-0.2, -0.15) is 0 Å². The molecule has 0 aliphatic heterocycles. The molecule has 2 N–H and O–H groups in total. The minimum absolute atomic E-state index is 0.179. The lowest BCUT2D eigenvalue weighted by Gasteiger charge is -2.25. The quantitative estimate of drug-likeness (QED) is 0.874. The average molecular weight is 306 g/mol. The van der Waals surface area contributed by atoms with Gasteiger partial charge in [0.15, 0.2) is 0 Å². The highest BCUT2D eigenvalue weighted by molar-refractivity contribution is 9.11. The summed E-state index contributed by atoms with van der Waals surface area (Å²) in [6.07, 6.45) is 0.981. The summed E-state index contributed by atoms with van der Waals surface area (Å²) in [7, 11) is 0. The summed E-state index contributed by atoms with van der Waals surface area (Å²) >= 11 is 5.14. The van der Waals surface area contributed by atoms with Crippen LogP contribution in [-0.4, -0.2) is 17.8 Å². The number of aliphatic hydroxyl groups is 1. The van der Waals surface area contributed by atoms with E-state index in [4.69, 9.17) is 0 Å². The molecule has 2 nitrogen and oxygen atoms in total. The zero-order valence-corrected chi connectivity index (χ0v) is 12.5. The molecule has 0 spiro atoms. The first kappa shape index (κ1) is 14.2. The fourth-order valence-corrected chi connectivity index (χ4v) is 2.85. The number of nitrogens with one attached hydrogen (secondary N) is 1. The van der Waals surface area contributed by atoms with Crippen molar-refractivity contribution >= 4 is 27.3 Å². The van der Waals surface area contributed by atoms with Gasteiger partial charge in [0.2, 0.25) is 0 Å². The lowest BCUT2D eigenvalue weighted by Crippen LogP contribution is -2.35. The molecule has 0 bridgehead atoms. The molecule has 1 aromatic heterocycles. The number of thiophene rings is 1. The molecule has 92 valence electrons. The monoisotopic (exact) mass is 305 g/mol. The summed E-state index contributed by atoms with van der Waals surface area (Å²) in [5, 5.41) is 14.8. The first-order valence-corrected chi connectivity index (χ1v) is 7.15. The predicted octanol–water partition coefficient (Wildman–Crippen LogP) is 3.40. The second-order valence-corrected chi connectivity index (χ2v) is 7.57. The number of hydrogen-bond acceptors (Lipinski definition) is 3. The molecule has 16 heavy (non-hydrogen) atoms. The lowest BCUT2D eigenvalue weighted by atomic mass is 9.88. The Labute approximate surface area is 110 Å². The molecule has 1 rings (SSSR count). The summed E-state index contributed by atoms with van der Waals surface area (Å²) in [6.45, 7) is 7.60. The Morgan fingerprint density at radius 1 is 1.50 bits per heavy atom. The molecule has 0 radical (unpaired) electrons. The van der Waals surface area contributed by atoms with Gasteiger partial charge in [0, 0.05) is 12.6 Å². The summed E-state index contributed by atoms with van der Waals surface area (Å²) in [5.41, 5.74) is 1.51. The third kappa shape index (κ3) is 5.43. The standard InChI is InChI=1S/C12H20BrNOS/c1-12(2,3)5-10(7-15)14-6-9-4-11(13)16-8-9/h4,8,10,14-15H,5-7H2,1-3H3. The topological polar surface area (TPSA) is 32.3 Å². The van der Waals surface area contributed by atoms with Crippen LogP contribution in [0.5, 0.6) is 0 Å². The molecular weight excluding hydrogens is 286 g/mol. The molecule has 4 heteroatoms. The smallest absolute Gasteiger partial charge is 0.0701 e. The highest BCUT2D eigenvalue weighted by Crippen LogP contribution is 2.22. The Hall–Kier alpha value is 0.100. The third-order valence-electron chi connectivity index (χ3n) is 2.30. The van der Waals surface area contributed by atoms with Crippen molar-refractivity contribution < 1.29 is 5.11 Å². The van der Waals surface area contributed by atoms with Gasteiger partial charge in [0.25, 0.3) is 0 Å². The predicted molar refractivity (Wildman–Crippen MR) is 73.8 cm³/mol. The van der Waals surface area contributed by atoms with Crippen molar-refractivity contribution in [2.45, 2.75) is 39.8 Å². The molecule has 0 aliphatic rings. The number of rotatable bonds is 5. The van der Waals surface area contributed by atoms with E-state index in [1.807, 2.05) is 0 Å². The maximum absolute atomic E-state index is 9.30. The molecule has 0 saturated carbocycles. The van der Waals surface area contributed by atoms with Gasteiger partial charge in [0.1, 0.15) is 0 Å². The minimum Gasteiger partial charge on any atom is -0.395 e. The van der Waals surface area contributed by atoms with Crippen LogP contribution >= 0.6 is 27.3 Å². The summed E-state index contributed by atoms with van der Waals surface area (Å²) in [6, 6.07) is 2.29. The van der Waals surface area contributed by atoms with Crippen LogP contribution < -0.4 is 5.32 Å². The molecule has 1 aromatic rings. The highest BCUT2D eigenvalue weighted by Gasteiger charge is 2.17. The molecule has 1 heterocycles. The molecule has 1 atom stereocenters. The average Bonchev–Trinajstić information content (AvgIpc) is 2.57. The van der Waals surface area contributed by atoms with E-state index in [0.29, 0.717) is 0 Å². The second kappa shape index (κ2) is 6.15. The highest BCUT2D eigenvalue weighted by atomic mass is 79.9. The maximum atomic E-state index is 9.30. The fourth-order valence-electron chi connectivity index (χ4n) is 1.64. The Morgan fingerprint density at radius 2 is 2.19 bits per heavy atom. The Bertz CT molecular complexity index is 319. The van der Waals surface area contributed by atoms with Gasteiger partial charge in [-0.15, -0.1) is 11.3 Å². The Balaban J connectivity index is 2.40. The van der Waals surface area contributed by atoms with Crippen LogP contribution in [-0.2, 0) is 6.54 Å². The molecule has 0 aliphatic carbocycles. The lowest BCUT2D eigenvalue weighted by molar-refractivity contribution is 0.198. The van der Waals surface area contributed by atoms with Crippen molar-refractivity contribution in [1.29, 1.82) is 0 Å². The molecule has 0 amide bonds. The largest absolute Gasteiger partial charge is 0.395 e. The van der Waals surface area contributed by atoms with E-state index in [-0.39, 0.29) is 18.1 Å². The van der Waals surface area contributed by atoms with Crippen molar-refractivity contribution in [2.24, 2.45) is 5.41 Å². The molecular formula is C12H20BrNOS. The van der Waals surface area contributed by atoms with Crippen LogP contribution in [0.4, 0.5) is 0 Å². The number of halogens is 1. The maximum Gasteiger partial charge on any atom is 0.0701 e. The second-order valence-electron chi connectivity index (χ2n) is 5.28. The van der Waals surface area contributed by atoms with E-state index in [2.05, 4.69) is 53.5 Å². The van der Waals surface area contributed by atoms with Gasteiger partial charge >= 0.3 is 0 Å². The van der Waals surface area contributed by atoms with E-state index >= 15 is 0 Å². The molecule has 1 unspecified atom stereocenters. The summed E-state index contributed by atoms with van der Waals surface area (Å²) < 4.78 is 1.15. The van der Waals surface area contributed by atoms with Gasteiger partial charge in [0.05, 0.1) is 10.4 Å². The van der Waals surface area contributed by atoms with Crippen LogP contribution in [0, 0.1) is 5.41 Å². The first-order chi connectivity index (χ1) is 7.40. The Kier molecular flexibility index (Phi) is 5.44. The number of hydrogen-bond donors (Lipinski definition) is 2. The molecule has 0 aromatic carbocycles. The van der Waals surface area contributed by atoms with Gasteiger partial charge in [-0.05, 0) is 44.8 Å². The normalized spacial score (nSPS) is 14.1. The number of aliphatic hydroxyl groups excluding tert-OH is 1. The van der Waals surface area contributed by atoms with Crippen molar-refractivity contribution in [1.82, 2.24) is 5.32 Å². The van der Waals surface area contributed by atoms with Gasteiger partial charge in [-0.1, -0.05) is 20.8 Å². The molecule has 0 fully saturated rings. The van der Waals surface area contributed by atoms with Crippen molar-refractivity contribution in [3.63, 3.8) is 0 Å². The van der Waals surface area contributed by atoms with Crippen LogP contribution in [0.3, 0.4) is 0 Å². The minimum atomic E-state index is 0.179. The van der Waals surface area contributed by atoms with Gasteiger partial charge in [-0.3, -0.25) is 0 Å². The van der Waals surface area contributed by atoms with Crippen LogP contribution in [0.1, 0.15) is 32.8 Å². The SMILES string of the molecule is CC(C)(C)CC(CO)NCc1csc(Br)c1. The van der Waals surface area contributed by atoms with Crippen molar-refractivity contribution in [2.75, 3.05) is 6.61 Å². The molecule has 0 saturated heterocycles. The summed E-state index contributed by atoms with van der Waals surface area (Å²) in [4.78, 5) is 0. The third-order valence-corrected chi connectivity index (χ3v) is 3.85. The van der Waals surface area contributed by atoms with E-state index in [9.17, 15) is 5.11 Å². The van der Waals surface area contributed by atoms with E-state index < -0.39 is 0 Å². The van der Waals surface area contributed by atoms with Crippen LogP contribution in [0.2, 0.25) is 0 Å². The van der Waals surface area contributed by atoms with Gasteiger partial charge < -0.3 is 10.4 Å². The van der Waals surface area contributed by atoms with E-state index in [1.54, 1.807) is 11.3 Å².